The molecule has 0 aliphatic rings. The minimum Gasteiger partial charge on any atom is -0.493 e. The average molecular weight is 370 g/mol. The van der Waals surface area contributed by atoms with Crippen molar-refractivity contribution in [2.24, 2.45) is 5.16 Å². The van der Waals surface area contributed by atoms with Gasteiger partial charge in [-0.1, -0.05) is 29.8 Å². The third kappa shape index (κ3) is 6.33. The molecule has 0 aromatic heterocycles. The highest BCUT2D eigenvalue weighted by atomic mass is 16.6. The molecule has 2 rings (SSSR count). The van der Waals surface area contributed by atoms with E-state index in [2.05, 4.69) is 10.5 Å². The highest BCUT2D eigenvalue weighted by molar-refractivity contribution is 5.92. The van der Waals surface area contributed by atoms with E-state index in [9.17, 15) is 4.79 Å². The molecule has 0 aliphatic carbocycles. The summed E-state index contributed by atoms with van der Waals surface area (Å²) < 4.78 is 10.9. The van der Waals surface area contributed by atoms with Crippen LogP contribution < -0.4 is 14.8 Å². The summed E-state index contributed by atoms with van der Waals surface area (Å²) in [5, 5.41) is 6.65. The molecule has 27 heavy (non-hydrogen) atoms. The number of amides is 1. The topological polar surface area (TPSA) is 69.2 Å². The van der Waals surface area contributed by atoms with Gasteiger partial charge in [0.05, 0.1) is 19.9 Å². The minimum atomic E-state index is -0.264. The largest absolute Gasteiger partial charge is 0.493 e. The van der Waals surface area contributed by atoms with Gasteiger partial charge in [-0.2, -0.15) is 0 Å². The van der Waals surface area contributed by atoms with Crippen molar-refractivity contribution in [1.82, 2.24) is 0 Å². The molecule has 0 saturated heterocycles. The zero-order chi connectivity index (χ0) is 19.6. The Morgan fingerprint density at radius 2 is 1.96 bits per heavy atom. The maximum Gasteiger partial charge on any atom is 0.265 e. The Hall–Kier alpha value is -3.02. The lowest BCUT2D eigenvalue weighted by atomic mass is 10.1. The molecule has 2 aromatic rings. The second kappa shape index (κ2) is 10.2. The highest BCUT2D eigenvalue weighted by Gasteiger charge is 2.06. The van der Waals surface area contributed by atoms with Crippen molar-refractivity contribution < 1.29 is 19.1 Å². The van der Waals surface area contributed by atoms with E-state index in [1.807, 2.05) is 51.1 Å². The summed E-state index contributed by atoms with van der Waals surface area (Å²) in [5.41, 5.74) is 3.70. The van der Waals surface area contributed by atoms with Crippen molar-refractivity contribution >= 4 is 17.8 Å². The monoisotopic (exact) mass is 370 g/mol. The average Bonchev–Trinajstić information content (AvgIpc) is 2.66. The van der Waals surface area contributed by atoms with Gasteiger partial charge in [-0.3, -0.25) is 4.79 Å². The van der Waals surface area contributed by atoms with Gasteiger partial charge in [-0.25, -0.2) is 0 Å². The standard InChI is InChI=1S/C21H26N2O4/c1-5-10-26-19-9-7-17(12-20(19)25-4)13-22-27-14-21(24)23-18-8-6-15(2)11-16(18)3/h6-9,11-13H,5,10,14H2,1-4H3,(H,23,24)/b22-13-. The number of carbonyl (C=O) groups excluding carboxylic acids is 1. The number of rotatable bonds is 9. The van der Waals surface area contributed by atoms with E-state index < -0.39 is 0 Å². The number of hydrogen-bond acceptors (Lipinski definition) is 5. The molecule has 144 valence electrons. The van der Waals surface area contributed by atoms with E-state index in [-0.39, 0.29) is 12.5 Å². The molecule has 2 aromatic carbocycles. The highest BCUT2D eigenvalue weighted by Crippen LogP contribution is 2.27. The van der Waals surface area contributed by atoms with E-state index >= 15 is 0 Å². The van der Waals surface area contributed by atoms with Gasteiger partial charge in [-0.05, 0) is 50.1 Å². The van der Waals surface area contributed by atoms with E-state index in [1.165, 1.54) is 6.21 Å². The number of anilines is 1. The van der Waals surface area contributed by atoms with Gasteiger partial charge in [0.15, 0.2) is 18.1 Å². The van der Waals surface area contributed by atoms with Crippen LogP contribution >= 0.6 is 0 Å². The van der Waals surface area contributed by atoms with Crippen LogP contribution in [0.1, 0.15) is 30.0 Å². The number of hydrogen-bond donors (Lipinski definition) is 1. The van der Waals surface area contributed by atoms with Gasteiger partial charge >= 0.3 is 0 Å². The predicted octanol–water partition coefficient (Wildman–Crippen LogP) is 4.09. The Kier molecular flexibility index (Phi) is 7.67. The summed E-state index contributed by atoms with van der Waals surface area (Å²) >= 11 is 0. The Labute approximate surface area is 160 Å². The molecule has 0 unspecified atom stereocenters. The number of methoxy groups -OCH3 is 1. The Bertz CT molecular complexity index is 803. The molecular formula is C21H26N2O4. The SMILES string of the molecule is CCCOc1ccc(/C=N\OCC(=O)Nc2ccc(C)cc2C)cc1OC. The minimum absolute atomic E-state index is 0.168. The molecule has 6 heteroatoms. The molecule has 0 fully saturated rings. The lowest BCUT2D eigenvalue weighted by Gasteiger charge is -2.10. The first-order valence-corrected chi connectivity index (χ1v) is 8.86. The predicted molar refractivity (Wildman–Crippen MR) is 107 cm³/mol. The molecule has 1 amide bonds. The zero-order valence-corrected chi connectivity index (χ0v) is 16.2. The van der Waals surface area contributed by atoms with Gasteiger partial charge in [-0.15, -0.1) is 0 Å². The molecular weight excluding hydrogens is 344 g/mol. The fourth-order valence-electron chi connectivity index (χ4n) is 2.43. The van der Waals surface area contributed by atoms with Crippen LogP contribution in [0.5, 0.6) is 11.5 Å². The molecule has 0 bridgehead atoms. The second-order valence-corrected chi connectivity index (χ2v) is 6.13. The summed E-state index contributed by atoms with van der Waals surface area (Å²) in [6.45, 7) is 6.46. The van der Waals surface area contributed by atoms with Crippen LogP contribution in [0, 0.1) is 13.8 Å². The number of ether oxygens (including phenoxy) is 2. The molecule has 1 N–H and O–H groups in total. The van der Waals surface area contributed by atoms with Crippen LogP contribution in [0.3, 0.4) is 0 Å². The molecule has 0 spiro atoms. The number of benzene rings is 2. The maximum absolute atomic E-state index is 12.0. The quantitative estimate of drug-likeness (QED) is 0.533. The lowest BCUT2D eigenvalue weighted by molar-refractivity contribution is -0.120. The third-order valence-electron chi connectivity index (χ3n) is 3.78. The summed E-state index contributed by atoms with van der Waals surface area (Å²) in [6, 6.07) is 11.3. The first-order valence-electron chi connectivity index (χ1n) is 8.86. The van der Waals surface area contributed by atoms with Crippen LogP contribution in [0.25, 0.3) is 0 Å². The van der Waals surface area contributed by atoms with Crippen LogP contribution in [-0.2, 0) is 9.63 Å². The summed E-state index contributed by atoms with van der Waals surface area (Å²) in [4.78, 5) is 17.0. The van der Waals surface area contributed by atoms with Crippen LogP contribution in [0.15, 0.2) is 41.6 Å². The van der Waals surface area contributed by atoms with Crippen molar-refractivity contribution in [2.45, 2.75) is 27.2 Å². The van der Waals surface area contributed by atoms with Crippen LogP contribution in [0.2, 0.25) is 0 Å². The molecule has 0 atom stereocenters. The summed E-state index contributed by atoms with van der Waals surface area (Å²) in [5.74, 6) is 1.05. The molecule has 0 heterocycles. The van der Waals surface area contributed by atoms with Gasteiger partial charge in [0.1, 0.15) is 0 Å². The van der Waals surface area contributed by atoms with Gasteiger partial charge < -0.3 is 19.6 Å². The molecule has 6 nitrogen and oxygen atoms in total. The van der Waals surface area contributed by atoms with Crippen molar-refractivity contribution in [3.05, 3.63) is 53.1 Å². The Morgan fingerprint density at radius 3 is 2.67 bits per heavy atom. The molecule has 0 saturated carbocycles. The number of nitrogens with zero attached hydrogens (tertiary/aromatic N) is 1. The van der Waals surface area contributed by atoms with Crippen molar-refractivity contribution in [3.8, 4) is 11.5 Å². The van der Waals surface area contributed by atoms with Crippen molar-refractivity contribution in [1.29, 1.82) is 0 Å². The Morgan fingerprint density at radius 1 is 1.15 bits per heavy atom. The van der Waals surface area contributed by atoms with Gasteiger partial charge in [0.2, 0.25) is 0 Å². The zero-order valence-electron chi connectivity index (χ0n) is 16.2. The van der Waals surface area contributed by atoms with E-state index in [0.717, 1.165) is 28.8 Å². The normalized spacial score (nSPS) is 10.7. The second-order valence-electron chi connectivity index (χ2n) is 6.13. The summed E-state index contributed by atoms with van der Waals surface area (Å²) in [6.07, 6.45) is 2.45. The van der Waals surface area contributed by atoms with E-state index in [1.54, 1.807) is 13.2 Å². The van der Waals surface area contributed by atoms with Crippen LogP contribution in [-0.4, -0.2) is 32.4 Å². The van der Waals surface area contributed by atoms with Crippen molar-refractivity contribution in [3.63, 3.8) is 0 Å². The van der Waals surface area contributed by atoms with E-state index in [0.29, 0.717) is 18.1 Å². The number of carbonyl (C=O) groups is 1. The fourth-order valence-corrected chi connectivity index (χ4v) is 2.43. The fraction of sp³-hybridized carbons (Fsp3) is 0.333. The lowest BCUT2D eigenvalue weighted by Crippen LogP contribution is -2.17. The summed E-state index contributed by atoms with van der Waals surface area (Å²) in [7, 11) is 1.59. The maximum atomic E-state index is 12.0. The molecule has 0 radical (unpaired) electrons. The van der Waals surface area contributed by atoms with Crippen LogP contribution in [0.4, 0.5) is 5.69 Å². The first kappa shape index (κ1) is 20.3. The van der Waals surface area contributed by atoms with Gasteiger partial charge in [0.25, 0.3) is 5.91 Å². The Balaban J connectivity index is 1.87. The third-order valence-corrected chi connectivity index (χ3v) is 3.78. The number of nitrogens with one attached hydrogen (secondary N) is 1. The van der Waals surface area contributed by atoms with Crippen molar-refractivity contribution in [2.75, 3.05) is 25.6 Å². The van der Waals surface area contributed by atoms with Gasteiger partial charge in [0, 0.05) is 11.3 Å². The number of oxime groups is 1. The smallest absolute Gasteiger partial charge is 0.265 e. The first-order chi connectivity index (χ1) is 13.0. The van der Waals surface area contributed by atoms with E-state index in [4.69, 9.17) is 14.3 Å². The number of aryl methyl sites for hydroxylation is 2. The molecule has 0 aliphatic heterocycles.